The molecule has 2 aromatic heterocycles. The molecule has 3 aliphatic rings. The molecule has 2 unspecified atom stereocenters. The van der Waals surface area contributed by atoms with Gasteiger partial charge in [0.1, 0.15) is 9.84 Å². The molecule has 1 aromatic carbocycles. The molecule has 2 aliphatic heterocycles. The van der Waals surface area contributed by atoms with E-state index in [0.717, 1.165) is 69.8 Å². The smallest absolute Gasteiger partial charge is 0.306 e. The van der Waals surface area contributed by atoms with Crippen LogP contribution in [0.4, 0.5) is 5.95 Å². The molecule has 2 saturated heterocycles. The lowest BCUT2D eigenvalue weighted by Gasteiger charge is -2.34. The zero-order chi connectivity index (χ0) is 34.0. The highest BCUT2D eigenvalue weighted by molar-refractivity contribution is 7.90. The van der Waals surface area contributed by atoms with Crippen LogP contribution in [0.2, 0.25) is 10.0 Å². The van der Waals surface area contributed by atoms with Gasteiger partial charge in [-0.15, -0.1) is 0 Å². The Kier molecular flexibility index (Phi) is 10.8. The van der Waals surface area contributed by atoms with Crippen LogP contribution in [0.1, 0.15) is 31.7 Å². The molecule has 1 N–H and O–H groups in total. The summed E-state index contributed by atoms with van der Waals surface area (Å²) < 4.78 is 29.9. The van der Waals surface area contributed by atoms with E-state index in [1.807, 2.05) is 24.3 Å². The lowest BCUT2D eigenvalue weighted by atomic mass is 10.1. The summed E-state index contributed by atoms with van der Waals surface area (Å²) in [5.41, 5.74) is 2.50. The molecule has 4 atom stereocenters. The van der Waals surface area contributed by atoms with Gasteiger partial charge in [0.15, 0.2) is 5.75 Å². The first-order valence-electron chi connectivity index (χ1n) is 16.5. The van der Waals surface area contributed by atoms with Crippen LogP contribution in [-0.4, -0.2) is 102 Å². The molecule has 4 heterocycles. The number of carboxylic acids is 1. The number of piperazine rings is 1. The van der Waals surface area contributed by atoms with Crippen molar-refractivity contribution in [3.63, 3.8) is 0 Å². The lowest BCUT2D eigenvalue weighted by Crippen LogP contribution is -2.47. The number of halogens is 2. The third kappa shape index (κ3) is 9.15. The minimum atomic E-state index is -2.96. The number of benzene rings is 1. The summed E-state index contributed by atoms with van der Waals surface area (Å²) >= 11 is 12.7. The van der Waals surface area contributed by atoms with Crippen molar-refractivity contribution in [2.75, 3.05) is 62.7 Å². The van der Waals surface area contributed by atoms with Crippen LogP contribution in [0.15, 0.2) is 42.7 Å². The van der Waals surface area contributed by atoms with Crippen LogP contribution in [0.3, 0.4) is 0 Å². The molecule has 14 heteroatoms. The van der Waals surface area contributed by atoms with E-state index in [1.165, 1.54) is 6.26 Å². The molecule has 0 spiro atoms. The molecule has 1 aliphatic carbocycles. The van der Waals surface area contributed by atoms with Gasteiger partial charge in [-0.1, -0.05) is 30.1 Å². The SMILES string of the molecule is CC(CCN1CCN(c2ncc(Oc3cc(CN4CC[C@@H]5C(CS(C)(=O)=O)[C@@H]5CC4)cc(-c4cc(Cl)cc(Cl)c4)n3)cn2)CC1)C(=O)O. The number of nitrogens with zero attached hydrogens (tertiary/aromatic N) is 6. The molecule has 3 fully saturated rings. The number of pyridine rings is 1. The van der Waals surface area contributed by atoms with Gasteiger partial charge < -0.3 is 14.7 Å². The minimum Gasteiger partial charge on any atom is -0.481 e. The Hall–Kier alpha value is -3.03. The largest absolute Gasteiger partial charge is 0.481 e. The fraction of sp³-hybridized carbons (Fsp3) is 0.529. The number of carbonyl (C=O) groups is 1. The Morgan fingerprint density at radius 2 is 1.60 bits per heavy atom. The maximum atomic E-state index is 11.9. The number of aliphatic carboxylic acids is 1. The van der Waals surface area contributed by atoms with Crippen LogP contribution < -0.4 is 9.64 Å². The zero-order valence-corrected chi connectivity index (χ0v) is 29.6. The Morgan fingerprint density at radius 3 is 2.21 bits per heavy atom. The van der Waals surface area contributed by atoms with Crippen molar-refractivity contribution in [2.45, 2.75) is 32.7 Å². The van der Waals surface area contributed by atoms with E-state index >= 15 is 0 Å². The Labute approximate surface area is 292 Å². The van der Waals surface area contributed by atoms with Crippen molar-refractivity contribution < 1.29 is 23.1 Å². The van der Waals surface area contributed by atoms with Gasteiger partial charge in [-0.2, -0.15) is 0 Å². The average molecular weight is 718 g/mol. The maximum Gasteiger partial charge on any atom is 0.306 e. The normalized spacial score (nSPS) is 22.5. The van der Waals surface area contributed by atoms with Crippen LogP contribution in [-0.2, 0) is 21.2 Å². The van der Waals surface area contributed by atoms with Gasteiger partial charge in [0.2, 0.25) is 11.8 Å². The number of hydrogen-bond donors (Lipinski definition) is 1. The van der Waals surface area contributed by atoms with E-state index < -0.39 is 15.8 Å². The topological polar surface area (TPSA) is 129 Å². The fourth-order valence-corrected chi connectivity index (χ4v) is 8.76. The van der Waals surface area contributed by atoms with Crippen molar-refractivity contribution in [3.8, 4) is 22.9 Å². The van der Waals surface area contributed by atoms with Crippen molar-refractivity contribution in [2.24, 2.45) is 23.7 Å². The first kappa shape index (κ1) is 34.8. The van der Waals surface area contributed by atoms with E-state index in [1.54, 1.807) is 25.4 Å². The van der Waals surface area contributed by atoms with Gasteiger partial charge >= 0.3 is 5.97 Å². The number of ether oxygens (including phenoxy) is 1. The maximum absolute atomic E-state index is 11.9. The minimum absolute atomic E-state index is 0.301. The molecule has 0 bridgehead atoms. The first-order chi connectivity index (χ1) is 22.9. The van der Waals surface area contributed by atoms with E-state index in [2.05, 4.69) is 24.7 Å². The summed E-state index contributed by atoms with van der Waals surface area (Å²) in [6, 6.07) is 9.32. The second-order valence-corrected chi connectivity index (χ2v) is 16.5. The average Bonchev–Trinajstić information content (AvgIpc) is 3.74. The Balaban J connectivity index is 1.12. The van der Waals surface area contributed by atoms with Gasteiger partial charge in [0, 0.05) is 60.7 Å². The Morgan fingerprint density at radius 1 is 0.958 bits per heavy atom. The monoisotopic (exact) mass is 716 g/mol. The highest BCUT2D eigenvalue weighted by atomic mass is 35.5. The number of fused-ring (bicyclic) bond motifs is 1. The predicted molar refractivity (Wildman–Crippen MR) is 187 cm³/mol. The molecule has 6 rings (SSSR count). The molecule has 48 heavy (non-hydrogen) atoms. The second-order valence-electron chi connectivity index (χ2n) is 13.5. The van der Waals surface area contributed by atoms with Crippen LogP contribution in [0.25, 0.3) is 11.3 Å². The summed E-state index contributed by atoms with van der Waals surface area (Å²) in [6.07, 6.45) is 7.27. The number of aromatic nitrogens is 3. The summed E-state index contributed by atoms with van der Waals surface area (Å²) in [5, 5.41) is 10.2. The van der Waals surface area contributed by atoms with Crippen molar-refractivity contribution in [1.82, 2.24) is 24.8 Å². The summed E-state index contributed by atoms with van der Waals surface area (Å²) in [6.45, 7) is 8.17. The summed E-state index contributed by atoms with van der Waals surface area (Å²) in [4.78, 5) is 31.9. The first-order valence-corrected chi connectivity index (χ1v) is 19.3. The molecule has 258 valence electrons. The summed E-state index contributed by atoms with van der Waals surface area (Å²) in [5.74, 6) is 1.97. The highest BCUT2D eigenvalue weighted by Crippen LogP contribution is 2.52. The predicted octanol–water partition coefficient (Wildman–Crippen LogP) is 5.37. The number of rotatable bonds is 12. The molecule has 3 aromatic rings. The molecule has 0 amide bonds. The van der Waals surface area contributed by atoms with Crippen molar-refractivity contribution in [3.05, 3.63) is 58.3 Å². The number of carboxylic acid groups (broad SMARTS) is 1. The zero-order valence-electron chi connectivity index (χ0n) is 27.3. The number of anilines is 1. The van der Waals surface area contributed by atoms with Gasteiger partial charge in [-0.3, -0.25) is 14.6 Å². The highest BCUT2D eigenvalue weighted by Gasteiger charge is 2.51. The van der Waals surface area contributed by atoms with Gasteiger partial charge in [0.05, 0.1) is 29.8 Å². The molecular formula is C34H42Cl2N6O5S. The number of hydrogen-bond acceptors (Lipinski definition) is 10. The van der Waals surface area contributed by atoms with Crippen molar-refractivity contribution in [1.29, 1.82) is 0 Å². The third-order valence-electron chi connectivity index (χ3n) is 9.78. The van der Waals surface area contributed by atoms with Crippen LogP contribution >= 0.6 is 23.2 Å². The van der Waals surface area contributed by atoms with Gasteiger partial charge in [0.25, 0.3) is 0 Å². The number of likely N-dealkylation sites (tertiary alicyclic amines) is 1. The fourth-order valence-electron chi connectivity index (χ4n) is 7.04. The standard InChI is InChI=1S/C34H42Cl2N6O5S/c1-22(33(43)44)3-6-40-9-11-42(12-10-40)34-37-18-27(19-38-34)47-32-14-23(13-31(39-32)24-15-25(35)17-26(36)16-24)20-41-7-4-28-29(5-8-41)30(28)21-48(2,45)46/h13-19,22,28-30H,3-12,20-21H2,1-2H3,(H,43,44)/t22?,28-,29+,30?. The lowest BCUT2D eigenvalue weighted by molar-refractivity contribution is -0.141. The Bertz CT molecular complexity index is 1690. The summed E-state index contributed by atoms with van der Waals surface area (Å²) in [7, 11) is -2.96. The molecular weight excluding hydrogens is 675 g/mol. The van der Waals surface area contributed by atoms with E-state index in [4.69, 9.17) is 38.0 Å². The van der Waals surface area contributed by atoms with Crippen LogP contribution in [0, 0.1) is 23.7 Å². The number of sulfone groups is 1. The van der Waals surface area contributed by atoms with E-state index in [9.17, 15) is 13.2 Å². The van der Waals surface area contributed by atoms with E-state index in [-0.39, 0.29) is 5.92 Å². The molecule has 1 saturated carbocycles. The van der Waals surface area contributed by atoms with Crippen LogP contribution in [0.5, 0.6) is 11.6 Å². The van der Waals surface area contributed by atoms with E-state index in [0.29, 0.717) is 69.8 Å². The van der Waals surface area contributed by atoms with Gasteiger partial charge in [-0.25, -0.2) is 23.4 Å². The third-order valence-corrected chi connectivity index (χ3v) is 11.2. The van der Waals surface area contributed by atoms with Crippen molar-refractivity contribution >= 4 is 45.0 Å². The molecule has 0 radical (unpaired) electrons. The molecule has 11 nitrogen and oxygen atoms in total. The second kappa shape index (κ2) is 14.8. The quantitative estimate of drug-likeness (QED) is 0.260. The van der Waals surface area contributed by atoms with Gasteiger partial charge in [-0.05, 0) is 86.5 Å².